The summed E-state index contributed by atoms with van der Waals surface area (Å²) in [6, 6.07) is 1.57. The number of nitrogens with one attached hydrogen (secondary N) is 1. The van der Waals surface area contributed by atoms with Gasteiger partial charge in [-0.05, 0) is 50.0 Å². The van der Waals surface area contributed by atoms with Crippen LogP contribution in [0.5, 0.6) is 11.9 Å². The summed E-state index contributed by atoms with van der Waals surface area (Å²) in [5.74, 6) is -2.64. The number of aromatic nitrogens is 2. The lowest BCUT2D eigenvalue weighted by molar-refractivity contribution is -0.137. The van der Waals surface area contributed by atoms with Gasteiger partial charge in [-0.2, -0.15) is 23.1 Å². The van der Waals surface area contributed by atoms with Crippen LogP contribution in [0.2, 0.25) is 0 Å². The molecule has 3 aliphatic rings. The highest BCUT2D eigenvalue weighted by Gasteiger charge is 2.49. The monoisotopic (exact) mass is 678 g/mol. The lowest BCUT2D eigenvalue weighted by Gasteiger charge is -2.30. The van der Waals surface area contributed by atoms with Crippen molar-refractivity contribution >= 4 is 43.0 Å². The van der Waals surface area contributed by atoms with Crippen molar-refractivity contribution < 1.29 is 40.9 Å². The summed E-state index contributed by atoms with van der Waals surface area (Å²) in [5, 5.41) is 12.0. The first kappa shape index (κ1) is 31.7. The highest BCUT2D eigenvalue weighted by atomic mass is 32.1. The van der Waals surface area contributed by atoms with Gasteiger partial charge < -0.3 is 25.6 Å². The zero-order valence-electron chi connectivity index (χ0n) is 24.6. The van der Waals surface area contributed by atoms with Crippen LogP contribution in [0.1, 0.15) is 31.2 Å². The fourth-order valence-electron chi connectivity index (χ4n) is 7.17. The average Bonchev–Trinajstić information content (AvgIpc) is 3.78. The number of halogens is 6. The summed E-state index contributed by atoms with van der Waals surface area (Å²) in [6.45, 7) is 8.56. The Kier molecular flexibility index (Phi) is 7.85. The number of alkyl halides is 4. The molecule has 47 heavy (non-hydrogen) atoms. The molecule has 0 spiro atoms. The molecule has 16 heteroatoms. The first-order chi connectivity index (χ1) is 22.4. The SMILES string of the molecule is [C-]#[N+]c1c(N)sc2c(F)ccc(-c3c(C(F)(F)F)cc4c(O[C@@H]5CCN[C@@H]5CO)nc(OC[C@@]56CCCN5C[C@H](F)C6)nc4c3F)c12. The molecule has 2 aromatic heterocycles. The normalized spacial score (nSPS) is 24.7. The standard InChI is InChI=1S/C31H28F6N6O3S/c1-39-25-22-15(3-4-18(33)26(22)47-27(25)38)21-17(31(35,36)37)9-16-24(23(21)34)41-29(42-28(16)46-20-5-7-40-19(20)12-44)45-13-30-6-2-8-43(30)11-14(32)10-30/h3-4,9,14,19-20,40,44H,2,5-8,10-13,38H2/t14-,19-,20-,30+/m1/s1. The molecule has 0 unspecified atom stereocenters. The summed E-state index contributed by atoms with van der Waals surface area (Å²) in [7, 11) is 0. The molecule has 7 rings (SSSR count). The zero-order chi connectivity index (χ0) is 33.2. The van der Waals surface area contributed by atoms with Crippen molar-refractivity contribution in [2.75, 3.05) is 38.6 Å². The number of anilines is 1. The van der Waals surface area contributed by atoms with Crippen molar-refractivity contribution in [2.24, 2.45) is 0 Å². The Morgan fingerprint density at radius 3 is 2.81 bits per heavy atom. The van der Waals surface area contributed by atoms with E-state index in [1.54, 1.807) is 0 Å². The number of aliphatic hydroxyl groups excluding tert-OH is 1. The van der Waals surface area contributed by atoms with Crippen LogP contribution in [0, 0.1) is 18.2 Å². The molecule has 0 radical (unpaired) electrons. The third kappa shape index (κ3) is 5.29. The first-order valence-electron chi connectivity index (χ1n) is 15.0. The van der Waals surface area contributed by atoms with Crippen LogP contribution < -0.4 is 20.5 Å². The van der Waals surface area contributed by atoms with Crippen LogP contribution in [-0.2, 0) is 6.18 Å². The number of hydrogen-bond acceptors (Lipinski definition) is 9. The Morgan fingerprint density at radius 1 is 1.26 bits per heavy atom. The lowest BCUT2D eigenvalue weighted by atomic mass is 9.93. The first-order valence-corrected chi connectivity index (χ1v) is 15.8. The molecule has 0 saturated carbocycles. The van der Waals surface area contributed by atoms with Gasteiger partial charge in [-0.3, -0.25) is 4.90 Å². The fraction of sp³-hybridized carbons (Fsp3) is 0.452. The topological polar surface area (TPSA) is 110 Å². The van der Waals surface area contributed by atoms with Crippen molar-refractivity contribution in [2.45, 2.75) is 55.7 Å². The number of nitrogen functional groups attached to an aromatic ring is 1. The van der Waals surface area contributed by atoms with Crippen LogP contribution >= 0.6 is 11.3 Å². The van der Waals surface area contributed by atoms with E-state index in [4.69, 9.17) is 21.8 Å². The van der Waals surface area contributed by atoms with E-state index in [1.165, 1.54) is 0 Å². The van der Waals surface area contributed by atoms with Crippen molar-refractivity contribution in [1.82, 2.24) is 20.2 Å². The summed E-state index contributed by atoms with van der Waals surface area (Å²) in [5.41, 5.74) is 1.65. The molecule has 0 bridgehead atoms. The van der Waals surface area contributed by atoms with Crippen molar-refractivity contribution in [1.29, 1.82) is 0 Å². The predicted molar refractivity (Wildman–Crippen MR) is 162 cm³/mol. The molecule has 0 amide bonds. The van der Waals surface area contributed by atoms with E-state index in [0.29, 0.717) is 43.3 Å². The molecule has 4 aromatic rings. The lowest BCUT2D eigenvalue weighted by Crippen LogP contribution is -2.43. The minimum atomic E-state index is -5.13. The van der Waals surface area contributed by atoms with Crippen LogP contribution in [0.25, 0.3) is 37.0 Å². The van der Waals surface area contributed by atoms with E-state index < -0.39 is 81.2 Å². The van der Waals surface area contributed by atoms with Gasteiger partial charge in [0.1, 0.15) is 30.2 Å². The van der Waals surface area contributed by atoms with E-state index >= 15 is 4.39 Å². The summed E-state index contributed by atoms with van der Waals surface area (Å²) >= 11 is 0.675. The minimum absolute atomic E-state index is 0.0428. The van der Waals surface area contributed by atoms with E-state index in [9.17, 15) is 27.1 Å². The molecule has 248 valence electrons. The van der Waals surface area contributed by atoms with Gasteiger partial charge in [0.05, 0.1) is 45.4 Å². The maximum absolute atomic E-state index is 16.8. The maximum Gasteiger partial charge on any atom is 0.417 e. The van der Waals surface area contributed by atoms with Crippen LogP contribution in [0.15, 0.2) is 18.2 Å². The number of nitrogens with zero attached hydrogens (tertiary/aromatic N) is 4. The Morgan fingerprint density at radius 2 is 2.06 bits per heavy atom. The molecule has 3 aliphatic heterocycles. The third-order valence-electron chi connectivity index (χ3n) is 9.33. The largest absolute Gasteiger partial charge is 0.472 e. The predicted octanol–water partition coefficient (Wildman–Crippen LogP) is 6.00. The molecule has 9 nitrogen and oxygen atoms in total. The maximum atomic E-state index is 16.8. The molecule has 0 aliphatic carbocycles. The van der Waals surface area contributed by atoms with Gasteiger partial charge >= 0.3 is 12.2 Å². The quantitative estimate of drug-likeness (QED) is 0.162. The van der Waals surface area contributed by atoms with Gasteiger partial charge in [0.2, 0.25) is 11.6 Å². The Balaban J connectivity index is 1.44. The second kappa shape index (κ2) is 11.7. The summed E-state index contributed by atoms with van der Waals surface area (Å²) in [4.78, 5) is 13.8. The van der Waals surface area contributed by atoms with Gasteiger partial charge in [0.25, 0.3) is 0 Å². The van der Waals surface area contributed by atoms with E-state index in [1.807, 2.05) is 4.90 Å². The number of thiophene rings is 1. The number of hydrogen-bond donors (Lipinski definition) is 3. The molecule has 4 atom stereocenters. The highest BCUT2D eigenvalue weighted by Crippen LogP contribution is 2.51. The number of rotatable bonds is 7. The summed E-state index contributed by atoms with van der Waals surface area (Å²) in [6.07, 6.45) is -4.83. The molecule has 4 N–H and O–H groups in total. The molecule has 2 aromatic carbocycles. The van der Waals surface area contributed by atoms with Crippen molar-refractivity contribution in [3.05, 3.63) is 46.8 Å². The second-order valence-corrected chi connectivity index (χ2v) is 13.1. The number of nitrogens with two attached hydrogens (primary N) is 1. The van der Waals surface area contributed by atoms with Gasteiger partial charge in [-0.15, -0.1) is 11.3 Å². The van der Waals surface area contributed by atoms with Crippen LogP contribution in [-0.4, -0.2) is 76.7 Å². The number of fused-ring (bicyclic) bond motifs is 3. The minimum Gasteiger partial charge on any atom is -0.472 e. The Labute approximate surface area is 268 Å². The van der Waals surface area contributed by atoms with Gasteiger partial charge in [0.15, 0.2) is 5.82 Å². The molecular formula is C31H28F6N6O3S. The van der Waals surface area contributed by atoms with E-state index in [-0.39, 0.29) is 47.0 Å². The van der Waals surface area contributed by atoms with Crippen molar-refractivity contribution in [3.8, 4) is 23.0 Å². The number of ether oxygens (including phenoxy) is 2. The number of aliphatic hydroxyl groups is 1. The van der Waals surface area contributed by atoms with E-state index in [0.717, 1.165) is 18.6 Å². The average molecular weight is 679 g/mol. The van der Waals surface area contributed by atoms with Gasteiger partial charge in [-0.25, -0.2) is 18.0 Å². The molecular weight excluding hydrogens is 650 g/mol. The zero-order valence-corrected chi connectivity index (χ0v) is 25.5. The van der Waals surface area contributed by atoms with E-state index in [2.05, 4.69) is 20.1 Å². The fourth-order valence-corrected chi connectivity index (χ4v) is 8.11. The molecule has 5 heterocycles. The second-order valence-electron chi connectivity index (χ2n) is 12.1. The van der Waals surface area contributed by atoms with Crippen molar-refractivity contribution in [3.63, 3.8) is 0 Å². The van der Waals surface area contributed by atoms with Gasteiger partial charge in [-0.1, -0.05) is 6.07 Å². The van der Waals surface area contributed by atoms with Gasteiger partial charge in [0, 0.05) is 23.9 Å². The molecule has 3 fully saturated rings. The Bertz CT molecular complexity index is 1930. The Hall–Kier alpha value is -3.91. The van der Waals surface area contributed by atoms with Crippen LogP contribution in [0.4, 0.5) is 37.0 Å². The summed E-state index contributed by atoms with van der Waals surface area (Å²) < 4.78 is 102. The highest BCUT2D eigenvalue weighted by molar-refractivity contribution is 7.23. The smallest absolute Gasteiger partial charge is 0.417 e. The third-order valence-corrected chi connectivity index (χ3v) is 10.3. The number of benzene rings is 2. The van der Waals surface area contributed by atoms with Crippen LogP contribution in [0.3, 0.4) is 0 Å². The molecule has 3 saturated heterocycles.